The number of nitrogens with zero attached hydrogens (tertiary/aromatic N) is 3. The lowest BCUT2D eigenvalue weighted by molar-refractivity contribution is 0.213. The highest BCUT2D eigenvalue weighted by molar-refractivity contribution is 5.79. The molecule has 2 heterocycles. The van der Waals surface area contributed by atoms with Gasteiger partial charge in [-0.15, -0.1) is 0 Å². The van der Waals surface area contributed by atoms with Gasteiger partial charge in [-0.3, -0.25) is 4.98 Å². The number of piperidine rings is 1. The zero-order valence-electron chi connectivity index (χ0n) is 13.9. The fraction of sp³-hybridized carbons (Fsp3) is 0.647. The summed E-state index contributed by atoms with van der Waals surface area (Å²) >= 11 is 0. The Bertz CT molecular complexity index is 438. The largest absolute Gasteiger partial charge is 0.357 e. The van der Waals surface area contributed by atoms with Crippen molar-refractivity contribution < 1.29 is 0 Å². The van der Waals surface area contributed by atoms with E-state index in [9.17, 15) is 0 Å². The van der Waals surface area contributed by atoms with Crippen molar-refractivity contribution in [3.63, 3.8) is 0 Å². The molecule has 1 fully saturated rings. The topological polar surface area (TPSA) is 52.6 Å². The summed E-state index contributed by atoms with van der Waals surface area (Å²) in [5, 5.41) is 6.75. The van der Waals surface area contributed by atoms with Gasteiger partial charge in [-0.2, -0.15) is 0 Å². The number of nitrogens with one attached hydrogen (secondary N) is 2. The SMILES string of the molecule is CCNC(=NCc1ccccn1)NCCC1CCN(C)CC1. The van der Waals surface area contributed by atoms with E-state index in [0.717, 1.165) is 30.7 Å². The van der Waals surface area contributed by atoms with Crippen LogP contribution < -0.4 is 10.6 Å². The normalized spacial score (nSPS) is 17.5. The first-order valence-corrected chi connectivity index (χ1v) is 8.38. The molecule has 0 spiro atoms. The van der Waals surface area contributed by atoms with Crippen LogP contribution in [0.25, 0.3) is 0 Å². The Kier molecular flexibility index (Phi) is 7.16. The Morgan fingerprint density at radius 3 is 2.82 bits per heavy atom. The fourth-order valence-corrected chi connectivity index (χ4v) is 2.74. The minimum absolute atomic E-state index is 0.615. The average Bonchev–Trinajstić information content (AvgIpc) is 2.55. The summed E-state index contributed by atoms with van der Waals surface area (Å²) in [6, 6.07) is 5.93. The second-order valence-electron chi connectivity index (χ2n) is 5.98. The summed E-state index contributed by atoms with van der Waals surface area (Å²) in [6.45, 7) is 7.04. The Morgan fingerprint density at radius 1 is 1.32 bits per heavy atom. The van der Waals surface area contributed by atoms with Gasteiger partial charge in [-0.1, -0.05) is 6.07 Å². The van der Waals surface area contributed by atoms with Crippen LogP contribution in [-0.2, 0) is 6.54 Å². The molecule has 2 N–H and O–H groups in total. The lowest BCUT2D eigenvalue weighted by atomic mass is 9.94. The lowest BCUT2D eigenvalue weighted by Crippen LogP contribution is -2.39. The van der Waals surface area contributed by atoms with Gasteiger partial charge in [-0.25, -0.2) is 4.99 Å². The standard InChI is InChI=1S/C17H29N5/c1-3-18-17(21-14-16-6-4-5-10-19-16)20-11-7-15-8-12-22(2)13-9-15/h4-6,10,15H,3,7-9,11-14H2,1-2H3,(H2,18,20,21). The highest BCUT2D eigenvalue weighted by atomic mass is 15.2. The van der Waals surface area contributed by atoms with Crippen molar-refractivity contribution >= 4 is 5.96 Å². The number of likely N-dealkylation sites (tertiary alicyclic amines) is 1. The van der Waals surface area contributed by atoms with Crippen LogP contribution in [0, 0.1) is 5.92 Å². The third kappa shape index (κ3) is 6.02. The van der Waals surface area contributed by atoms with Crippen molar-refractivity contribution in [2.75, 3.05) is 33.2 Å². The van der Waals surface area contributed by atoms with Gasteiger partial charge in [0, 0.05) is 19.3 Å². The molecule has 0 atom stereocenters. The maximum atomic E-state index is 4.60. The van der Waals surface area contributed by atoms with E-state index in [4.69, 9.17) is 0 Å². The van der Waals surface area contributed by atoms with Crippen LogP contribution in [0.3, 0.4) is 0 Å². The van der Waals surface area contributed by atoms with E-state index >= 15 is 0 Å². The first kappa shape index (κ1) is 16.7. The first-order chi connectivity index (χ1) is 10.8. The van der Waals surface area contributed by atoms with E-state index in [0.29, 0.717) is 6.54 Å². The van der Waals surface area contributed by atoms with Gasteiger partial charge in [0.25, 0.3) is 0 Å². The number of guanidine groups is 1. The number of aromatic nitrogens is 1. The third-order valence-electron chi connectivity index (χ3n) is 4.15. The summed E-state index contributed by atoms with van der Waals surface area (Å²) in [6.07, 6.45) is 5.67. The van der Waals surface area contributed by atoms with Gasteiger partial charge in [0.1, 0.15) is 0 Å². The number of rotatable bonds is 6. The quantitative estimate of drug-likeness (QED) is 0.622. The molecule has 0 unspecified atom stereocenters. The molecule has 1 aliphatic heterocycles. The maximum absolute atomic E-state index is 4.60. The predicted octanol–water partition coefficient (Wildman–Crippen LogP) is 1.87. The zero-order valence-corrected chi connectivity index (χ0v) is 13.9. The Balaban J connectivity index is 1.74. The molecule has 0 aliphatic carbocycles. The van der Waals surface area contributed by atoms with E-state index in [1.54, 1.807) is 0 Å². The first-order valence-electron chi connectivity index (χ1n) is 8.38. The highest BCUT2D eigenvalue weighted by Gasteiger charge is 2.16. The monoisotopic (exact) mass is 303 g/mol. The second kappa shape index (κ2) is 9.41. The molecule has 0 aromatic carbocycles. The number of hydrogen-bond donors (Lipinski definition) is 2. The predicted molar refractivity (Wildman–Crippen MR) is 91.9 cm³/mol. The maximum Gasteiger partial charge on any atom is 0.191 e. The van der Waals surface area contributed by atoms with Gasteiger partial charge in [0.05, 0.1) is 12.2 Å². The molecule has 1 aliphatic rings. The van der Waals surface area contributed by atoms with Crippen LogP contribution >= 0.6 is 0 Å². The van der Waals surface area contributed by atoms with Crippen LogP contribution in [0.2, 0.25) is 0 Å². The molecule has 1 aromatic rings. The second-order valence-corrected chi connectivity index (χ2v) is 5.98. The molecule has 22 heavy (non-hydrogen) atoms. The summed E-state index contributed by atoms with van der Waals surface area (Å²) < 4.78 is 0. The minimum atomic E-state index is 0.615. The molecule has 0 radical (unpaired) electrons. The van der Waals surface area contributed by atoms with Crippen molar-refractivity contribution in [1.29, 1.82) is 0 Å². The molecular formula is C17H29N5. The summed E-state index contributed by atoms with van der Waals surface area (Å²) in [7, 11) is 2.21. The summed E-state index contributed by atoms with van der Waals surface area (Å²) in [5.41, 5.74) is 0.995. The lowest BCUT2D eigenvalue weighted by Gasteiger charge is -2.29. The Hall–Kier alpha value is -1.62. The molecule has 0 saturated carbocycles. The van der Waals surface area contributed by atoms with Crippen molar-refractivity contribution in [3.05, 3.63) is 30.1 Å². The van der Waals surface area contributed by atoms with Gasteiger partial charge in [-0.05, 0) is 64.4 Å². The van der Waals surface area contributed by atoms with Gasteiger partial charge in [0.15, 0.2) is 5.96 Å². The van der Waals surface area contributed by atoms with E-state index in [2.05, 4.69) is 39.5 Å². The molecule has 1 saturated heterocycles. The number of aliphatic imine (C=N–C) groups is 1. The molecule has 0 bridgehead atoms. The molecule has 0 amide bonds. The summed E-state index contributed by atoms with van der Waals surface area (Å²) in [5.74, 6) is 1.74. The van der Waals surface area contributed by atoms with E-state index in [1.807, 2.05) is 24.4 Å². The molecule has 2 rings (SSSR count). The van der Waals surface area contributed by atoms with Crippen LogP contribution in [0.1, 0.15) is 31.9 Å². The average molecular weight is 303 g/mol. The van der Waals surface area contributed by atoms with Gasteiger partial charge < -0.3 is 15.5 Å². The van der Waals surface area contributed by atoms with Crippen molar-refractivity contribution in [2.45, 2.75) is 32.7 Å². The van der Waals surface area contributed by atoms with Gasteiger partial charge >= 0.3 is 0 Å². The fourth-order valence-electron chi connectivity index (χ4n) is 2.74. The van der Waals surface area contributed by atoms with Gasteiger partial charge in [0.2, 0.25) is 0 Å². The van der Waals surface area contributed by atoms with Crippen molar-refractivity contribution in [3.8, 4) is 0 Å². The van der Waals surface area contributed by atoms with E-state index in [-0.39, 0.29) is 0 Å². The highest BCUT2D eigenvalue weighted by Crippen LogP contribution is 2.18. The van der Waals surface area contributed by atoms with Crippen LogP contribution in [-0.4, -0.2) is 49.1 Å². The number of hydrogen-bond acceptors (Lipinski definition) is 3. The Labute approximate surface area is 134 Å². The smallest absolute Gasteiger partial charge is 0.191 e. The van der Waals surface area contributed by atoms with E-state index < -0.39 is 0 Å². The Morgan fingerprint density at radius 2 is 2.14 bits per heavy atom. The zero-order chi connectivity index (χ0) is 15.6. The molecule has 122 valence electrons. The molecule has 5 nitrogen and oxygen atoms in total. The number of pyridine rings is 1. The van der Waals surface area contributed by atoms with Crippen molar-refractivity contribution in [2.24, 2.45) is 10.9 Å². The molecular weight excluding hydrogens is 274 g/mol. The summed E-state index contributed by atoms with van der Waals surface area (Å²) in [4.78, 5) is 11.3. The molecule has 1 aromatic heterocycles. The van der Waals surface area contributed by atoms with Crippen LogP contribution in [0.15, 0.2) is 29.4 Å². The van der Waals surface area contributed by atoms with Crippen LogP contribution in [0.5, 0.6) is 0 Å². The van der Waals surface area contributed by atoms with Crippen molar-refractivity contribution in [1.82, 2.24) is 20.5 Å². The third-order valence-corrected chi connectivity index (χ3v) is 4.15. The minimum Gasteiger partial charge on any atom is -0.357 e. The molecule has 5 heteroatoms. The van der Waals surface area contributed by atoms with Crippen LogP contribution in [0.4, 0.5) is 0 Å². The van der Waals surface area contributed by atoms with E-state index in [1.165, 1.54) is 32.4 Å².